The largest absolute Gasteiger partial charge is 0.495 e. The maximum atomic E-state index is 11.8. The van der Waals surface area contributed by atoms with E-state index in [9.17, 15) is 4.79 Å². The Morgan fingerprint density at radius 3 is 2.04 bits per heavy atom. The summed E-state index contributed by atoms with van der Waals surface area (Å²) in [5.74, 6) is 1.77. The van der Waals surface area contributed by atoms with Crippen LogP contribution < -0.4 is 20.1 Å². The van der Waals surface area contributed by atoms with Gasteiger partial charge in [0.1, 0.15) is 17.3 Å². The number of carbonyl (C=O) groups is 1. The lowest BCUT2D eigenvalue weighted by Gasteiger charge is -2.14. The Morgan fingerprint density at radius 1 is 0.926 bits per heavy atom. The molecule has 3 rings (SSSR count). The average Bonchev–Trinajstić information content (AvgIpc) is 2.69. The molecule has 0 saturated carbocycles. The van der Waals surface area contributed by atoms with Crippen LogP contribution in [0.15, 0.2) is 54.7 Å². The Hall–Kier alpha value is -3.32. The molecule has 0 fully saturated rings. The lowest BCUT2D eigenvalue weighted by atomic mass is 10.2. The second-order valence-corrected chi connectivity index (χ2v) is 5.72. The number of hydrogen-bond acceptors (Lipinski definition) is 7. The van der Waals surface area contributed by atoms with Gasteiger partial charge >= 0.3 is 0 Å². The number of ether oxygens (including phenoxy) is 2. The molecule has 2 aromatic carbocycles. The van der Waals surface area contributed by atoms with Gasteiger partial charge in [0.15, 0.2) is 0 Å². The zero-order valence-electron chi connectivity index (χ0n) is 14.7. The van der Waals surface area contributed by atoms with E-state index in [-0.39, 0.29) is 17.3 Å². The Labute approximate surface area is 161 Å². The summed E-state index contributed by atoms with van der Waals surface area (Å²) in [7, 11) is 3.13. The smallest absolute Gasteiger partial charge is 0.257 e. The third-order valence-electron chi connectivity index (χ3n) is 3.71. The summed E-state index contributed by atoms with van der Waals surface area (Å²) in [4.78, 5) is 20.3. The van der Waals surface area contributed by atoms with Crippen LogP contribution in [0.5, 0.6) is 11.5 Å². The van der Waals surface area contributed by atoms with Crippen molar-refractivity contribution in [2.75, 3.05) is 24.9 Å². The molecule has 0 saturated heterocycles. The standard InChI is InChI=1S/C19H17ClN4O3/c1-26-15-9-5-3-7-13(15)22-18-12(17(20)25)11-21-19(24-18)23-14-8-4-6-10-16(14)27-2/h3-11H,1-2H3,(H2,21,22,23,24). The molecule has 0 aliphatic rings. The highest BCUT2D eigenvalue weighted by Gasteiger charge is 2.15. The lowest BCUT2D eigenvalue weighted by Crippen LogP contribution is -2.07. The van der Waals surface area contributed by atoms with Crippen molar-refractivity contribution < 1.29 is 14.3 Å². The monoisotopic (exact) mass is 384 g/mol. The maximum absolute atomic E-state index is 11.8. The number of rotatable bonds is 7. The van der Waals surface area contributed by atoms with E-state index in [0.29, 0.717) is 22.9 Å². The Morgan fingerprint density at radius 2 is 1.48 bits per heavy atom. The third-order valence-corrected chi connectivity index (χ3v) is 3.92. The molecule has 0 unspecified atom stereocenters. The summed E-state index contributed by atoms with van der Waals surface area (Å²) in [5.41, 5.74) is 1.47. The molecule has 0 aliphatic carbocycles. The average molecular weight is 385 g/mol. The van der Waals surface area contributed by atoms with Gasteiger partial charge in [-0.1, -0.05) is 24.3 Å². The SMILES string of the molecule is COc1ccccc1Nc1ncc(C(=O)Cl)c(Nc2ccccc2OC)n1. The summed E-state index contributed by atoms with van der Waals surface area (Å²) >= 11 is 5.68. The van der Waals surface area contributed by atoms with E-state index < -0.39 is 5.24 Å². The molecule has 0 aliphatic heterocycles. The molecule has 0 bridgehead atoms. The summed E-state index contributed by atoms with van der Waals surface area (Å²) < 4.78 is 10.6. The number of aromatic nitrogens is 2. The Kier molecular flexibility index (Phi) is 5.73. The molecule has 138 valence electrons. The molecule has 2 N–H and O–H groups in total. The lowest BCUT2D eigenvalue weighted by molar-refractivity contribution is 0.108. The molecular weight excluding hydrogens is 368 g/mol. The molecule has 7 nitrogen and oxygen atoms in total. The molecule has 0 atom stereocenters. The fourth-order valence-electron chi connectivity index (χ4n) is 2.43. The molecule has 27 heavy (non-hydrogen) atoms. The van der Waals surface area contributed by atoms with E-state index in [1.807, 2.05) is 36.4 Å². The van der Waals surface area contributed by atoms with Gasteiger partial charge in [0.25, 0.3) is 5.24 Å². The van der Waals surface area contributed by atoms with Gasteiger partial charge < -0.3 is 20.1 Å². The number of nitrogens with one attached hydrogen (secondary N) is 2. The van der Waals surface area contributed by atoms with Crippen LogP contribution >= 0.6 is 11.6 Å². The van der Waals surface area contributed by atoms with E-state index in [1.54, 1.807) is 26.4 Å². The zero-order chi connectivity index (χ0) is 19.2. The van der Waals surface area contributed by atoms with Crippen molar-refractivity contribution in [3.8, 4) is 11.5 Å². The van der Waals surface area contributed by atoms with E-state index in [0.717, 1.165) is 0 Å². The number of hydrogen-bond donors (Lipinski definition) is 2. The molecule has 8 heteroatoms. The normalized spacial score (nSPS) is 10.2. The highest BCUT2D eigenvalue weighted by Crippen LogP contribution is 2.30. The molecule has 0 spiro atoms. The van der Waals surface area contributed by atoms with E-state index in [2.05, 4.69) is 20.6 Å². The van der Waals surface area contributed by atoms with Crippen LogP contribution in [0.1, 0.15) is 10.4 Å². The predicted octanol–water partition coefficient (Wildman–Crippen LogP) is 4.36. The number of benzene rings is 2. The molecule has 0 amide bonds. The molecule has 1 heterocycles. The van der Waals surface area contributed by atoms with Crippen molar-refractivity contribution in [2.24, 2.45) is 0 Å². The van der Waals surface area contributed by atoms with Gasteiger partial charge in [-0.3, -0.25) is 4.79 Å². The molecule has 1 aromatic heterocycles. The van der Waals surface area contributed by atoms with E-state index in [1.165, 1.54) is 6.20 Å². The maximum Gasteiger partial charge on any atom is 0.257 e. The van der Waals surface area contributed by atoms with Crippen molar-refractivity contribution in [3.05, 3.63) is 60.3 Å². The minimum absolute atomic E-state index is 0.146. The van der Waals surface area contributed by atoms with Crippen LogP contribution in [0, 0.1) is 0 Å². The second-order valence-electron chi connectivity index (χ2n) is 5.38. The summed E-state index contributed by atoms with van der Waals surface area (Å²) in [6.07, 6.45) is 1.36. The molecule has 3 aromatic rings. The second kappa shape index (κ2) is 8.37. The van der Waals surface area contributed by atoms with Crippen molar-refractivity contribution in [1.29, 1.82) is 0 Å². The highest BCUT2D eigenvalue weighted by atomic mass is 35.5. The first-order chi connectivity index (χ1) is 13.1. The molecular formula is C19H17ClN4O3. The van der Waals surface area contributed by atoms with Crippen LogP contribution in [-0.4, -0.2) is 29.4 Å². The van der Waals surface area contributed by atoms with Crippen molar-refractivity contribution in [3.63, 3.8) is 0 Å². The first-order valence-electron chi connectivity index (χ1n) is 7.99. The van der Waals surface area contributed by atoms with Gasteiger partial charge in [0.05, 0.1) is 31.2 Å². The summed E-state index contributed by atoms with van der Waals surface area (Å²) in [6.45, 7) is 0. The summed E-state index contributed by atoms with van der Waals surface area (Å²) in [6, 6.07) is 14.6. The third kappa shape index (κ3) is 4.27. The van der Waals surface area contributed by atoms with Crippen molar-refractivity contribution in [2.45, 2.75) is 0 Å². The first kappa shape index (κ1) is 18.5. The van der Waals surface area contributed by atoms with Gasteiger partial charge in [-0.25, -0.2) is 4.98 Å². The van der Waals surface area contributed by atoms with Gasteiger partial charge in [-0.15, -0.1) is 0 Å². The summed E-state index contributed by atoms with van der Waals surface area (Å²) in [5, 5.41) is 5.48. The minimum atomic E-state index is -0.670. The van der Waals surface area contributed by atoms with Crippen LogP contribution in [0.2, 0.25) is 0 Å². The fraction of sp³-hybridized carbons (Fsp3) is 0.105. The predicted molar refractivity (Wildman–Crippen MR) is 105 cm³/mol. The van der Waals surface area contributed by atoms with Gasteiger partial charge in [0.2, 0.25) is 5.95 Å². The van der Waals surface area contributed by atoms with Crippen LogP contribution in [-0.2, 0) is 0 Å². The van der Waals surface area contributed by atoms with Crippen molar-refractivity contribution >= 4 is 40.0 Å². The minimum Gasteiger partial charge on any atom is -0.495 e. The van der Waals surface area contributed by atoms with E-state index in [4.69, 9.17) is 21.1 Å². The highest BCUT2D eigenvalue weighted by molar-refractivity contribution is 6.68. The van der Waals surface area contributed by atoms with Gasteiger partial charge in [-0.05, 0) is 35.9 Å². The number of para-hydroxylation sites is 4. The topological polar surface area (TPSA) is 85.4 Å². The zero-order valence-corrected chi connectivity index (χ0v) is 15.4. The van der Waals surface area contributed by atoms with E-state index >= 15 is 0 Å². The van der Waals surface area contributed by atoms with Gasteiger partial charge in [0, 0.05) is 6.20 Å². The Bertz CT molecular complexity index is 965. The quantitative estimate of drug-likeness (QED) is 0.585. The number of methoxy groups -OCH3 is 2. The van der Waals surface area contributed by atoms with Crippen molar-refractivity contribution in [1.82, 2.24) is 9.97 Å². The van der Waals surface area contributed by atoms with Crippen LogP contribution in [0.3, 0.4) is 0 Å². The number of anilines is 4. The number of halogens is 1. The Balaban J connectivity index is 1.97. The van der Waals surface area contributed by atoms with Gasteiger partial charge in [-0.2, -0.15) is 4.98 Å². The van der Waals surface area contributed by atoms with Crippen LogP contribution in [0.4, 0.5) is 23.1 Å². The number of carbonyl (C=O) groups excluding carboxylic acids is 1. The first-order valence-corrected chi connectivity index (χ1v) is 8.37. The van der Waals surface area contributed by atoms with Crippen LogP contribution in [0.25, 0.3) is 0 Å². The number of nitrogens with zero attached hydrogens (tertiary/aromatic N) is 2. The molecule has 0 radical (unpaired) electrons. The fourth-order valence-corrected chi connectivity index (χ4v) is 2.56.